The van der Waals surface area contributed by atoms with Crippen LogP contribution in [-0.4, -0.2) is 21.5 Å². The van der Waals surface area contributed by atoms with Crippen molar-refractivity contribution in [3.63, 3.8) is 0 Å². The summed E-state index contributed by atoms with van der Waals surface area (Å²) in [5.74, 6) is -0.640. The van der Waals surface area contributed by atoms with Crippen molar-refractivity contribution in [1.82, 2.24) is 0 Å². The van der Waals surface area contributed by atoms with Crippen molar-refractivity contribution >= 4 is 29.2 Å². The van der Waals surface area contributed by atoms with Crippen LogP contribution in [-0.2, 0) is 16.1 Å². The fourth-order valence-electron chi connectivity index (χ4n) is 2.66. The number of hydrogen-bond donors (Lipinski definition) is 1. The highest BCUT2D eigenvalue weighted by Gasteiger charge is 2.59. The maximum Gasteiger partial charge on any atom is 0.306 e. The molecule has 0 bridgehead atoms. The van der Waals surface area contributed by atoms with Crippen LogP contribution in [0.1, 0.15) is 25.3 Å². The highest BCUT2D eigenvalue weighted by Crippen LogP contribution is 2.54. The summed E-state index contributed by atoms with van der Waals surface area (Å²) < 4.78 is 3.97. The van der Waals surface area contributed by atoms with Crippen LogP contribution in [0.15, 0.2) is 30.3 Å². The van der Waals surface area contributed by atoms with E-state index in [1.54, 1.807) is 0 Å². The lowest BCUT2D eigenvalue weighted by Gasteiger charge is -2.51. The Morgan fingerprint density at radius 3 is 2.60 bits per heavy atom. The summed E-state index contributed by atoms with van der Waals surface area (Å²) in [6, 6.07) is 9.47. The van der Waals surface area contributed by atoms with E-state index in [2.05, 4.69) is 0 Å². The van der Waals surface area contributed by atoms with Gasteiger partial charge in [-0.05, 0) is 11.5 Å². The lowest BCUT2D eigenvalue weighted by atomic mass is 9.67. The molecule has 1 unspecified atom stereocenters. The molecule has 1 N–H and O–H groups in total. The number of aliphatic hydroxyl groups excluding tert-OH is 1. The fourth-order valence-corrected chi connectivity index (χ4v) is 3.47. The number of benzene rings is 1. The van der Waals surface area contributed by atoms with Gasteiger partial charge in [0.15, 0.2) is 0 Å². The molecule has 3 nitrogen and oxygen atoms in total. The molecule has 0 radical (unpaired) electrons. The number of halogens is 2. The molecule has 1 aliphatic carbocycles. The van der Waals surface area contributed by atoms with E-state index >= 15 is 0 Å². The number of hydrogen-bond acceptors (Lipinski definition) is 3. The largest absolute Gasteiger partial charge is 0.461 e. The standard InChI is InChI=1S/C15H18Cl2O3/c1-2-11-12(15(16,17)14(11)19)8-13(18)20-9-10-6-4-3-5-7-10/h3-7,11-12,14,19H,2,8-9H2,1H3/t11-,12-,14?/m1/s1. The van der Waals surface area contributed by atoms with Crippen molar-refractivity contribution < 1.29 is 14.6 Å². The van der Waals surface area contributed by atoms with Crippen molar-refractivity contribution in [2.24, 2.45) is 11.8 Å². The van der Waals surface area contributed by atoms with Gasteiger partial charge in [0.05, 0.1) is 12.5 Å². The van der Waals surface area contributed by atoms with Gasteiger partial charge in [-0.2, -0.15) is 0 Å². The van der Waals surface area contributed by atoms with Crippen LogP contribution in [0.2, 0.25) is 0 Å². The molecule has 3 atom stereocenters. The summed E-state index contributed by atoms with van der Waals surface area (Å²) in [5, 5.41) is 9.81. The Hall–Kier alpha value is -0.770. The minimum absolute atomic E-state index is 0.0470. The van der Waals surface area contributed by atoms with Crippen LogP contribution >= 0.6 is 23.2 Å². The molecular weight excluding hydrogens is 299 g/mol. The van der Waals surface area contributed by atoms with Gasteiger partial charge in [-0.3, -0.25) is 4.79 Å². The number of aliphatic hydroxyl groups is 1. The third-order valence-electron chi connectivity index (χ3n) is 3.91. The molecule has 5 heteroatoms. The smallest absolute Gasteiger partial charge is 0.306 e. The second-order valence-corrected chi connectivity index (χ2v) is 6.59. The number of ether oxygens (including phenoxy) is 1. The molecule has 1 aliphatic rings. The predicted molar refractivity (Wildman–Crippen MR) is 78.6 cm³/mol. The Morgan fingerprint density at radius 2 is 2.00 bits per heavy atom. The first-order valence-corrected chi connectivity index (χ1v) is 7.47. The van der Waals surface area contributed by atoms with E-state index in [1.807, 2.05) is 37.3 Å². The molecule has 1 aromatic rings. The van der Waals surface area contributed by atoms with Gasteiger partial charge >= 0.3 is 5.97 Å². The third kappa shape index (κ3) is 3.11. The van der Waals surface area contributed by atoms with E-state index < -0.39 is 10.4 Å². The molecule has 0 heterocycles. The SMILES string of the molecule is CC[C@H]1C(O)C(Cl)(Cl)[C@@H]1CC(=O)OCc1ccccc1. The van der Waals surface area contributed by atoms with Crippen molar-refractivity contribution in [3.05, 3.63) is 35.9 Å². The van der Waals surface area contributed by atoms with Crippen molar-refractivity contribution in [3.8, 4) is 0 Å². The van der Waals surface area contributed by atoms with Gasteiger partial charge in [0.25, 0.3) is 0 Å². The average Bonchev–Trinajstić information content (AvgIpc) is 2.46. The second kappa shape index (κ2) is 6.33. The van der Waals surface area contributed by atoms with Gasteiger partial charge in [-0.25, -0.2) is 0 Å². The monoisotopic (exact) mass is 316 g/mol. The minimum Gasteiger partial charge on any atom is -0.461 e. The maximum absolute atomic E-state index is 11.9. The quantitative estimate of drug-likeness (QED) is 0.669. The molecule has 0 amide bonds. The second-order valence-electron chi connectivity index (χ2n) is 5.15. The van der Waals surface area contributed by atoms with Crippen molar-refractivity contribution in [2.75, 3.05) is 0 Å². The summed E-state index contributed by atoms with van der Waals surface area (Å²) in [7, 11) is 0. The Balaban J connectivity index is 1.85. The molecule has 1 fully saturated rings. The lowest BCUT2D eigenvalue weighted by molar-refractivity contribution is -0.150. The number of rotatable bonds is 5. The summed E-state index contributed by atoms with van der Waals surface area (Å²) >= 11 is 12.1. The lowest BCUT2D eigenvalue weighted by Crippen LogP contribution is -2.60. The predicted octanol–water partition coefficient (Wildman–Crippen LogP) is 3.31. The van der Waals surface area contributed by atoms with E-state index in [0.717, 1.165) is 12.0 Å². The number of alkyl halides is 2. The van der Waals surface area contributed by atoms with E-state index in [9.17, 15) is 9.90 Å². The van der Waals surface area contributed by atoms with Gasteiger partial charge in [-0.1, -0.05) is 66.9 Å². The van der Waals surface area contributed by atoms with Crippen molar-refractivity contribution in [2.45, 2.75) is 36.8 Å². The molecule has 1 aromatic carbocycles. The van der Waals surface area contributed by atoms with Crippen LogP contribution in [0.4, 0.5) is 0 Å². The first kappa shape index (κ1) is 15.6. The first-order chi connectivity index (χ1) is 9.46. The number of carbonyl (C=O) groups is 1. The Morgan fingerprint density at radius 1 is 1.35 bits per heavy atom. The normalized spacial score (nSPS) is 27.7. The highest BCUT2D eigenvalue weighted by atomic mass is 35.5. The molecule has 0 aromatic heterocycles. The van der Waals surface area contributed by atoms with E-state index in [0.29, 0.717) is 0 Å². The van der Waals surface area contributed by atoms with E-state index in [4.69, 9.17) is 27.9 Å². The van der Waals surface area contributed by atoms with Gasteiger partial charge in [0, 0.05) is 5.92 Å². The Labute approximate surface area is 128 Å². The molecule has 110 valence electrons. The molecule has 20 heavy (non-hydrogen) atoms. The Kier molecular flexibility index (Phi) is 4.95. The van der Waals surface area contributed by atoms with Gasteiger partial charge < -0.3 is 9.84 Å². The van der Waals surface area contributed by atoms with E-state index in [-0.39, 0.29) is 30.8 Å². The van der Waals surface area contributed by atoms with Crippen LogP contribution in [0.5, 0.6) is 0 Å². The minimum atomic E-state index is -1.24. The van der Waals surface area contributed by atoms with Gasteiger partial charge in [0.2, 0.25) is 0 Å². The average molecular weight is 317 g/mol. The molecule has 1 saturated carbocycles. The third-order valence-corrected chi connectivity index (χ3v) is 4.92. The summed E-state index contributed by atoms with van der Waals surface area (Å²) in [6.07, 6.45) is 0.0942. The van der Waals surface area contributed by atoms with Crippen molar-refractivity contribution in [1.29, 1.82) is 0 Å². The summed E-state index contributed by atoms with van der Waals surface area (Å²) in [4.78, 5) is 11.9. The first-order valence-electron chi connectivity index (χ1n) is 6.72. The topological polar surface area (TPSA) is 46.5 Å². The zero-order valence-corrected chi connectivity index (χ0v) is 12.8. The molecule has 0 saturated heterocycles. The molecular formula is C15H18Cl2O3. The van der Waals surface area contributed by atoms with E-state index in [1.165, 1.54) is 0 Å². The Bertz CT molecular complexity index is 461. The fraction of sp³-hybridized carbons (Fsp3) is 0.533. The highest BCUT2D eigenvalue weighted by molar-refractivity contribution is 6.50. The van der Waals surface area contributed by atoms with Crippen LogP contribution < -0.4 is 0 Å². The van der Waals surface area contributed by atoms with Crippen LogP contribution in [0.25, 0.3) is 0 Å². The zero-order chi connectivity index (χ0) is 14.8. The molecule has 0 spiro atoms. The van der Waals surface area contributed by atoms with Crippen LogP contribution in [0.3, 0.4) is 0 Å². The van der Waals surface area contributed by atoms with Gasteiger partial charge in [-0.15, -0.1) is 0 Å². The molecule has 2 rings (SSSR count). The zero-order valence-electron chi connectivity index (χ0n) is 11.3. The summed E-state index contributed by atoms with van der Waals surface area (Å²) in [6.45, 7) is 2.18. The molecule has 0 aliphatic heterocycles. The number of esters is 1. The van der Waals surface area contributed by atoms with Crippen LogP contribution in [0, 0.1) is 11.8 Å². The van der Waals surface area contributed by atoms with Gasteiger partial charge in [0.1, 0.15) is 10.9 Å². The maximum atomic E-state index is 11.9. The number of carbonyl (C=O) groups excluding carboxylic acids is 1. The summed E-state index contributed by atoms with van der Waals surface area (Å²) in [5.41, 5.74) is 0.935.